The number of ether oxygens (including phenoxy) is 1. The first-order chi connectivity index (χ1) is 8.75. The number of ketones is 1. The summed E-state index contributed by atoms with van der Waals surface area (Å²) in [4.78, 5) is 12.1. The number of hydrogen-bond acceptors (Lipinski definition) is 2. The second-order valence-corrected chi connectivity index (χ2v) is 4.70. The molecule has 0 N–H and O–H groups in total. The Morgan fingerprint density at radius 2 is 1.67 bits per heavy atom. The standard InChI is InChI=1S/C15H11ClO2/c16-12-8-6-11(7-9-12)14-15(18-14)13(17)10-4-2-1-3-5-10/h1-9,14-15H/t14-,15+/m1/s1. The Bertz CT molecular complexity index is 563. The maximum Gasteiger partial charge on any atom is 0.194 e. The molecule has 1 aliphatic heterocycles. The third-order valence-corrected chi connectivity index (χ3v) is 3.26. The summed E-state index contributed by atoms with van der Waals surface area (Å²) in [6.07, 6.45) is -0.483. The molecule has 0 radical (unpaired) electrons. The average Bonchev–Trinajstić information content (AvgIpc) is 3.20. The number of rotatable bonds is 3. The van der Waals surface area contributed by atoms with Gasteiger partial charge in [0.15, 0.2) is 11.9 Å². The van der Waals surface area contributed by atoms with Crippen LogP contribution in [0, 0.1) is 0 Å². The van der Waals surface area contributed by atoms with Crippen LogP contribution in [0.5, 0.6) is 0 Å². The predicted octanol–water partition coefficient (Wildman–Crippen LogP) is 3.66. The highest BCUT2D eigenvalue weighted by Crippen LogP contribution is 2.40. The molecule has 1 aliphatic rings. The first-order valence-corrected chi connectivity index (χ1v) is 6.14. The van der Waals surface area contributed by atoms with E-state index < -0.39 is 0 Å². The van der Waals surface area contributed by atoms with Gasteiger partial charge in [0.25, 0.3) is 0 Å². The molecule has 18 heavy (non-hydrogen) atoms. The van der Waals surface area contributed by atoms with Crippen LogP contribution in [0.1, 0.15) is 22.0 Å². The monoisotopic (exact) mass is 258 g/mol. The average molecular weight is 259 g/mol. The zero-order valence-electron chi connectivity index (χ0n) is 9.55. The van der Waals surface area contributed by atoms with Crippen LogP contribution >= 0.6 is 11.6 Å². The van der Waals surface area contributed by atoms with Crippen LogP contribution in [0.25, 0.3) is 0 Å². The molecule has 3 heteroatoms. The molecular weight excluding hydrogens is 248 g/mol. The Labute approximate surface area is 110 Å². The van der Waals surface area contributed by atoms with Crippen molar-refractivity contribution in [2.45, 2.75) is 12.2 Å². The molecule has 90 valence electrons. The highest BCUT2D eigenvalue weighted by Gasteiger charge is 2.45. The molecule has 3 rings (SSSR count). The van der Waals surface area contributed by atoms with Crippen molar-refractivity contribution in [2.75, 3.05) is 0 Å². The summed E-state index contributed by atoms with van der Waals surface area (Å²) in [5.74, 6) is 0.0375. The molecule has 1 heterocycles. The molecule has 0 spiro atoms. The molecule has 0 unspecified atom stereocenters. The van der Waals surface area contributed by atoms with E-state index >= 15 is 0 Å². The van der Waals surface area contributed by atoms with Crippen molar-refractivity contribution in [2.24, 2.45) is 0 Å². The third-order valence-electron chi connectivity index (χ3n) is 3.01. The molecule has 2 nitrogen and oxygen atoms in total. The SMILES string of the molecule is O=C(c1ccccc1)[C@@H]1O[C@@H]1c1ccc(Cl)cc1. The molecule has 1 fully saturated rings. The number of benzene rings is 2. The number of epoxide rings is 1. The minimum absolute atomic E-state index is 0.0375. The first-order valence-electron chi connectivity index (χ1n) is 5.76. The summed E-state index contributed by atoms with van der Waals surface area (Å²) < 4.78 is 5.47. The van der Waals surface area contributed by atoms with E-state index in [1.807, 2.05) is 54.6 Å². The molecule has 0 bridgehead atoms. The van der Waals surface area contributed by atoms with Crippen LogP contribution in [0.2, 0.25) is 5.02 Å². The van der Waals surface area contributed by atoms with Gasteiger partial charge < -0.3 is 4.74 Å². The minimum Gasteiger partial charge on any atom is -0.356 e. The Hall–Kier alpha value is -1.64. The summed E-state index contributed by atoms with van der Waals surface area (Å²) in [7, 11) is 0. The van der Waals surface area contributed by atoms with Crippen LogP contribution in [0.3, 0.4) is 0 Å². The van der Waals surface area contributed by atoms with Gasteiger partial charge in [-0.05, 0) is 17.7 Å². The molecule has 1 saturated heterocycles. The molecule has 2 aromatic rings. The second-order valence-electron chi connectivity index (χ2n) is 4.26. The van der Waals surface area contributed by atoms with Gasteiger partial charge in [-0.25, -0.2) is 0 Å². The number of Topliss-reactive ketones (excluding diaryl/α,β-unsaturated/α-hetero) is 1. The normalized spacial score (nSPS) is 21.6. The molecule has 2 aromatic carbocycles. The van der Waals surface area contributed by atoms with Gasteiger partial charge in [-0.3, -0.25) is 4.79 Å². The van der Waals surface area contributed by atoms with Crippen LogP contribution in [0.15, 0.2) is 54.6 Å². The molecule has 0 aliphatic carbocycles. The van der Waals surface area contributed by atoms with Gasteiger partial charge in [0, 0.05) is 10.6 Å². The fourth-order valence-corrected chi connectivity index (χ4v) is 2.11. The van der Waals surface area contributed by atoms with Crippen LogP contribution in [-0.4, -0.2) is 11.9 Å². The van der Waals surface area contributed by atoms with Crippen molar-refractivity contribution >= 4 is 17.4 Å². The number of halogens is 1. The fourth-order valence-electron chi connectivity index (χ4n) is 1.98. The lowest BCUT2D eigenvalue weighted by atomic mass is 10.0. The van der Waals surface area contributed by atoms with E-state index in [1.165, 1.54) is 0 Å². The lowest BCUT2D eigenvalue weighted by molar-refractivity contribution is 0.0953. The summed E-state index contributed by atoms with van der Waals surface area (Å²) >= 11 is 5.82. The van der Waals surface area contributed by atoms with Crippen molar-refractivity contribution in [3.63, 3.8) is 0 Å². The molecule has 2 atom stereocenters. The van der Waals surface area contributed by atoms with Crippen molar-refractivity contribution in [3.05, 3.63) is 70.7 Å². The predicted molar refractivity (Wildman–Crippen MR) is 69.8 cm³/mol. The topological polar surface area (TPSA) is 29.6 Å². The molecule has 0 saturated carbocycles. The Kier molecular flexibility index (Phi) is 2.90. The van der Waals surface area contributed by atoms with Gasteiger partial charge >= 0.3 is 0 Å². The summed E-state index contributed by atoms with van der Waals surface area (Å²) in [6.45, 7) is 0. The summed E-state index contributed by atoms with van der Waals surface area (Å²) in [5.41, 5.74) is 1.69. The molecular formula is C15H11ClO2. The molecule has 0 aromatic heterocycles. The van der Waals surface area contributed by atoms with E-state index in [1.54, 1.807) is 0 Å². The van der Waals surface area contributed by atoms with Gasteiger partial charge in [0.2, 0.25) is 0 Å². The van der Waals surface area contributed by atoms with E-state index in [0.29, 0.717) is 10.6 Å². The highest BCUT2D eigenvalue weighted by atomic mass is 35.5. The van der Waals surface area contributed by atoms with Gasteiger partial charge in [0.05, 0.1) is 0 Å². The van der Waals surface area contributed by atoms with Gasteiger partial charge in [-0.15, -0.1) is 0 Å². The van der Waals surface area contributed by atoms with Crippen molar-refractivity contribution < 1.29 is 9.53 Å². The summed E-state index contributed by atoms with van der Waals surface area (Å²) in [5, 5.41) is 0.685. The van der Waals surface area contributed by atoms with Gasteiger partial charge in [-0.1, -0.05) is 54.1 Å². The maximum atomic E-state index is 12.1. The Morgan fingerprint density at radius 1 is 1.00 bits per heavy atom. The minimum atomic E-state index is -0.353. The zero-order valence-corrected chi connectivity index (χ0v) is 10.3. The smallest absolute Gasteiger partial charge is 0.194 e. The maximum absolute atomic E-state index is 12.1. The van der Waals surface area contributed by atoms with Gasteiger partial charge in [0.1, 0.15) is 6.10 Å². The van der Waals surface area contributed by atoms with Crippen LogP contribution in [0.4, 0.5) is 0 Å². The lowest BCUT2D eigenvalue weighted by Gasteiger charge is -1.97. The van der Waals surface area contributed by atoms with E-state index in [2.05, 4.69) is 0 Å². The van der Waals surface area contributed by atoms with E-state index in [-0.39, 0.29) is 18.0 Å². The van der Waals surface area contributed by atoms with E-state index in [9.17, 15) is 4.79 Å². The summed E-state index contributed by atoms with van der Waals surface area (Å²) in [6, 6.07) is 16.6. The highest BCUT2D eigenvalue weighted by molar-refractivity contribution is 6.30. The van der Waals surface area contributed by atoms with Crippen LogP contribution < -0.4 is 0 Å². The quantitative estimate of drug-likeness (QED) is 0.621. The number of hydrogen-bond donors (Lipinski definition) is 0. The van der Waals surface area contributed by atoms with E-state index in [0.717, 1.165) is 5.56 Å². The third kappa shape index (κ3) is 2.17. The Balaban J connectivity index is 1.75. The first kappa shape index (κ1) is 11.5. The van der Waals surface area contributed by atoms with Crippen molar-refractivity contribution in [1.29, 1.82) is 0 Å². The second kappa shape index (κ2) is 4.56. The van der Waals surface area contributed by atoms with Gasteiger partial charge in [-0.2, -0.15) is 0 Å². The zero-order chi connectivity index (χ0) is 12.5. The largest absolute Gasteiger partial charge is 0.356 e. The fraction of sp³-hybridized carbons (Fsp3) is 0.133. The lowest BCUT2D eigenvalue weighted by Crippen LogP contribution is -2.07. The number of carbonyl (C=O) groups excluding carboxylic acids is 1. The Morgan fingerprint density at radius 3 is 2.33 bits per heavy atom. The van der Waals surface area contributed by atoms with E-state index in [4.69, 9.17) is 16.3 Å². The van der Waals surface area contributed by atoms with Crippen molar-refractivity contribution in [3.8, 4) is 0 Å². The van der Waals surface area contributed by atoms with Crippen molar-refractivity contribution in [1.82, 2.24) is 0 Å². The van der Waals surface area contributed by atoms with Crippen LogP contribution in [-0.2, 0) is 4.74 Å². The number of carbonyl (C=O) groups is 1. The molecule has 0 amide bonds.